The van der Waals surface area contributed by atoms with Crippen molar-refractivity contribution >= 4 is 40.5 Å². The van der Waals surface area contributed by atoms with Gasteiger partial charge < -0.3 is 10.6 Å². The van der Waals surface area contributed by atoms with E-state index in [2.05, 4.69) is 21.7 Å². The van der Waals surface area contributed by atoms with Gasteiger partial charge in [0, 0.05) is 12.7 Å². The number of pyridine rings is 1. The summed E-state index contributed by atoms with van der Waals surface area (Å²) in [6, 6.07) is 10.7. The summed E-state index contributed by atoms with van der Waals surface area (Å²) in [7, 11) is 1.72. The zero-order chi connectivity index (χ0) is 13.8. The summed E-state index contributed by atoms with van der Waals surface area (Å²) in [5.41, 5.74) is 1.29. The van der Waals surface area contributed by atoms with Crippen LogP contribution in [-0.2, 0) is 0 Å². The molecule has 0 bridgehead atoms. The van der Waals surface area contributed by atoms with Crippen LogP contribution in [-0.4, -0.2) is 12.0 Å². The Morgan fingerprint density at radius 2 is 1.89 bits per heavy atom. The van der Waals surface area contributed by atoms with Crippen LogP contribution < -0.4 is 10.6 Å². The van der Waals surface area contributed by atoms with E-state index in [0.29, 0.717) is 27.2 Å². The molecule has 0 aliphatic carbocycles. The number of rotatable bonds is 3. The van der Waals surface area contributed by atoms with Gasteiger partial charge in [-0.2, -0.15) is 5.26 Å². The molecule has 0 fully saturated rings. The van der Waals surface area contributed by atoms with Crippen molar-refractivity contribution in [2.75, 3.05) is 17.7 Å². The molecular formula is C13H10Cl2N4. The minimum Gasteiger partial charge on any atom is -0.372 e. The summed E-state index contributed by atoms with van der Waals surface area (Å²) in [6.45, 7) is 0. The summed E-state index contributed by atoms with van der Waals surface area (Å²) >= 11 is 12.1. The van der Waals surface area contributed by atoms with Crippen LogP contribution in [0.2, 0.25) is 10.0 Å². The first-order valence-electron chi connectivity index (χ1n) is 5.45. The molecule has 1 heterocycles. The summed E-state index contributed by atoms with van der Waals surface area (Å²) in [4.78, 5) is 4.27. The number of anilines is 3. The minimum atomic E-state index is 0.409. The number of hydrogen-bond donors (Lipinski definition) is 2. The monoisotopic (exact) mass is 292 g/mol. The molecule has 0 aliphatic rings. The van der Waals surface area contributed by atoms with Crippen molar-refractivity contribution in [1.82, 2.24) is 4.98 Å². The molecular weight excluding hydrogens is 283 g/mol. The van der Waals surface area contributed by atoms with Gasteiger partial charge in [-0.15, -0.1) is 0 Å². The number of nitrogens with zero attached hydrogens (tertiary/aromatic N) is 2. The van der Waals surface area contributed by atoms with Crippen LogP contribution in [0.15, 0.2) is 30.3 Å². The van der Waals surface area contributed by atoms with E-state index in [-0.39, 0.29) is 0 Å². The van der Waals surface area contributed by atoms with E-state index in [1.165, 1.54) is 0 Å². The van der Waals surface area contributed by atoms with Crippen LogP contribution in [0.25, 0.3) is 0 Å². The summed E-state index contributed by atoms with van der Waals surface area (Å²) in [5, 5.41) is 15.6. The van der Waals surface area contributed by atoms with Crippen molar-refractivity contribution in [1.29, 1.82) is 5.26 Å². The van der Waals surface area contributed by atoms with Crippen molar-refractivity contribution < 1.29 is 0 Å². The van der Waals surface area contributed by atoms with Crippen molar-refractivity contribution in [3.8, 4) is 6.07 Å². The zero-order valence-corrected chi connectivity index (χ0v) is 11.5. The molecule has 0 spiro atoms. The molecule has 96 valence electrons. The fourth-order valence-corrected chi connectivity index (χ4v) is 2.03. The predicted molar refractivity (Wildman–Crippen MR) is 78.2 cm³/mol. The Balaban J connectivity index is 2.35. The average Bonchev–Trinajstić information content (AvgIpc) is 2.42. The lowest BCUT2D eigenvalue weighted by Crippen LogP contribution is -1.99. The van der Waals surface area contributed by atoms with Crippen molar-refractivity contribution in [2.45, 2.75) is 0 Å². The van der Waals surface area contributed by atoms with E-state index in [0.717, 1.165) is 5.69 Å². The SMILES string of the molecule is CNc1nc(Nc2cccc(C#N)c2)c(Cl)cc1Cl. The summed E-state index contributed by atoms with van der Waals surface area (Å²) in [6.07, 6.45) is 0. The molecule has 0 aliphatic heterocycles. The van der Waals surface area contributed by atoms with Gasteiger partial charge in [0.25, 0.3) is 0 Å². The summed E-state index contributed by atoms with van der Waals surface area (Å²) in [5.74, 6) is 1.01. The highest BCUT2D eigenvalue weighted by atomic mass is 35.5. The Labute approximate surface area is 121 Å². The second-order valence-electron chi connectivity index (χ2n) is 3.72. The van der Waals surface area contributed by atoms with Crippen molar-refractivity contribution in [3.63, 3.8) is 0 Å². The molecule has 2 N–H and O–H groups in total. The lowest BCUT2D eigenvalue weighted by molar-refractivity contribution is 1.27. The van der Waals surface area contributed by atoms with E-state index in [1.54, 1.807) is 31.3 Å². The van der Waals surface area contributed by atoms with E-state index >= 15 is 0 Å². The molecule has 2 rings (SSSR count). The molecule has 0 atom stereocenters. The van der Waals surface area contributed by atoms with Crippen LogP contribution in [0.1, 0.15) is 5.56 Å². The van der Waals surface area contributed by atoms with Gasteiger partial charge in [-0.3, -0.25) is 0 Å². The van der Waals surface area contributed by atoms with Gasteiger partial charge in [0.15, 0.2) is 5.82 Å². The lowest BCUT2D eigenvalue weighted by Gasteiger charge is -2.10. The first-order valence-corrected chi connectivity index (χ1v) is 6.20. The summed E-state index contributed by atoms with van der Waals surface area (Å²) < 4.78 is 0. The van der Waals surface area contributed by atoms with Crippen molar-refractivity contribution in [3.05, 3.63) is 45.9 Å². The van der Waals surface area contributed by atoms with Gasteiger partial charge >= 0.3 is 0 Å². The number of hydrogen-bond acceptors (Lipinski definition) is 4. The van der Waals surface area contributed by atoms with Gasteiger partial charge in [-0.05, 0) is 24.3 Å². The Kier molecular flexibility index (Phi) is 4.10. The van der Waals surface area contributed by atoms with Gasteiger partial charge in [-0.1, -0.05) is 29.3 Å². The maximum Gasteiger partial charge on any atom is 0.151 e. The van der Waals surface area contributed by atoms with E-state index in [9.17, 15) is 0 Å². The number of aromatic nitrogens is 1. The standard InChI is InChI=1S/C13H10Cl2N4/c1-17-12-10(14)6-11(15)13(19-12)18-9-4-2-3-8(5-9)7-16/h2-6H,1H3,(H2,17,18,19). The largest absolute Gasteiger partial charge is 0.372 e. The van der Waals surface area contributed by atoms with Gasteiger partial charge in [0.2, 0.25) is 0 Å². The van der Waals surface area contributed by atoms with Gasteiger partial charge in [0.05, 0.1) is 21.7 Å². The third-order valence-corrected chi connectivity index (χ3v) is 3.00. The Morgan fingerprint density at radius 1 is 1.16 bits per heavy atom. The molecule has 2 aromatic rings. The van der Waals surface area contributed by atoms with Crippen LogP contribution in [0, 0.1) is 11.3 Å². The predicted octanol–water partition coefficient (Wildman–Crippen LogP) is 4.05. The molecule has 19 heavy (non-hydrogen) atoms. The van der Waals surface area contributed by atoms with E-state index < -0.39 is 0 Å². The zero-order valence-electron chi connectivity index (χ0n) is 10.0. The molecule has 1 aromatic carbocycles. The lowest BCUT2D eigenvalue weighted by atomic mass is 10.2. The number of nitriles is 1. The molecule has 0 saturated carbocycles. The van der Waals surface area contributed by atoms with Crippen molar-refractivity contribution in [2.24, 2.45) is 0 Å². The molecule has 1 aromatic heterocycles. The Bertz CT molecular complexity index is 650. The van der Waals surface area contributed by atoms with Crippen LogP contribution in [0.3, 0.4) is 0 Å². The maximum absolute atomic E-state index is 8.85. The van der Waals surface area contributed by atoms with Crippen LogP contribution in [0.4, 0.5) is 17.3 Å². The first-order chi connectivity index (χ1) is 9.13. The van der Waals surface area contributed by atoms with Gasteiger partial charge in [-0.25, -0.2) is 4.98 Å². The second kappa shape index (κ2) is 5.79. The molecule has 4 nitrogen and oxygen atoms in total. The normalized spacial score (nSPS) is 9.79. The molecule has 0 unspecified atom stereocenters. The molecule has 0 saturated heterocycles. The number of nitrogens with one attached hydrogen (secondary N) is 2. The van der Waals surface area contributed by atoms with E-state index in [4.69, 9.17) is 28.5 Å². The number of halogens is 2. The quantitative estimate of drug-likeness (QED) is 0.896. The second-order valence-corrected chi connectivity index (χ2v) is 4.53. The highest BCUT2D eigenvalue weighted by Gasteiger charge is 2.08. The number of benzene rings is 1. The molecule has 0 amide bonds. The molecule has 6 heteroatoms. The topological polar surface area (TPSA) is 60.7 Å². The van der Waals surface area contributed by atoms with E-state index in [1.807, 2.05) is 6.07 Å². The van der Waals surface area contributed by atoms with Crippen LogP contribution >= 0.6 is 23.2 Å². The third-order valence-electron chi connectivity index (χ3n) is 2.42. The highest BCUT2D eigenvalue weighted by Crippen LogP contribution is 2.30. The smallest absolute Gasteiger partial charge is 0.151 e. The fourth-order valence-electron chi connectivity index (χ4n) is 1.53. The first kappa shape index (κ1) is 13.5. The fraction of sp³-hybridized carbons (Fsp3) is 0.0769. The molecule has 0 radical (unpaired) electrons. The third kappa shape index (κ3) is 3.08. The van der Waals surface area contributed by atoms with Crippen LogP contribution in [0.5, 0.6) is 0 Å². The Morgan fingerprint density at radius 3 is 2.58 bits per heavy atom. The van der Waals surface area contributed by atoms with Gasteiger partial charge in [0.1, 0.15) is 5.82 Å². The highest BCUT2D eigenvalue weighted by molar-refractivity contribution is 6.37. The average molecular weight is 293 g/mol. The Hall–Kier alpha value is -1.96. The minimum absolute atomic E-state index is 0.409. The maximum atomic E-state index is 8.85.